The number of benzene rings is 1. The van der Waals surface area contributed by atoms with Crippen molar-refractivity contribution in [2.24, 2.45) is 0 Å². The first kappa shape index (κ1) is 19.0. The second-order valence-corrected chi connectivity index (χ2v) is 7.78. The van der Waals surface area contributed by atoms with E-state index in [1.54, 1.807) is 0 Å². The van der Waals surface area contributed by atoms with Crippen LogP contribution in [0.5, 0.6) is 5.75 Å². The van der Waals surface area contributed by atoms with Crippen LogP contribution >= 0.6 is 0 Å². The van der Waals surface area contributed by atoms with Crippen LogP contribution in [0.3, 0.4) is 0 Å². The number of carboxylic acids is 1. The van der Waals surface area contributed by atoms with Gasteiger partial charge in [-0.3, -0.25) is 4.79 Å². The molecule has 1 aromatic carbocycles. The van der Waals surface area contributed by atoms with Gasteiger partial charge in [0.2, 0.25) is 0 Å². The number of hydrogen-bond acceptors (Lipinski definition) is 3. The number of rotatable bonds is 4. The zero-order valence-corrected chi connectivity index (χ0v) is 14.7. The minimum absolute atomic E-state index is 0.0340. The molecular weight excluding hydrogens is 296 g/mol. The van der Waals surface area contributed by atoms with Gasteiger partial charge in [0.1, 0.15) is 5.75 Å². The highest BCUT2D eigenvalue weighted by atomic mass is 16.7. The van der Waals surface area contributed by atoms with Gasteiger partial charge >= 0.3 is 12.1 Å². The number of carboxylic acid groups (broad SMARTS) is 2. The van der Waals surface area contributed by atoms with E-state index in [0.717, 1.165) is 16.7 Å². The zero-order valence-electron chi connectivity index (χ0n) is 14.7. The summed E-state index contributed by atoms with van der Waals surface area (Å²) in [6, 6.07) is 3.72. The van der Waals surface area contributed by atoms with Gasteiger partial charge < -0.3 is 14.9 Å². The molecule has 0 spiro atoms. The molecule has 0 unspecified atom stereocenters. The Labute approximate surface area is 137 Å². The van der Waals surface area contributed by atoms with Gasteiger partial charge in [0.25, 0.3) is 0 Å². The first-order valence-electron chi connectivity index (χ1n) is 7.63. The largest absolute Gasteiger partial charge is 0.511 e. The van der Waals surface area contributed by atoms with Crippen molar-refractivity contribution < 1.29 is 24.5 Å². The molecule has 0 bridgehead atoms. The summed E-state index contributed by atoms with van der Waals surface area (Å²) in [4.78, 5) is 22.0. The molecule has 23 heavy (non-hydrogen) atoms. The maximum Gasteiger partial charge on any atom is 0.511 e. The monoisotopic (exact) mass is 322 g/mol. The maximum absolute atomic E-state index is 11.1. The molecule has 0 radical (unpaired) electrons. The summed E-state index contributed by atoms with van der Waals surface area (Å²) in [6.45, 7) is 11.9. The van der Waals surface area contributed by atoms with Crippen LogP contribution in [0.2, 0.25) is 0 Å². The van der Waals surface area contributed by atoms with Gasteiger partial charge in [-0.2, -0.15) is 0 Å². The number of hydrogen-bond donors (Lipinski definition) is 2. The van der Waals surface area contributed by atoms with E-state index in [1.807, 2.05) is 53.7 Å². The van der Waals surface area contributed by atoms with Crippen molar-refractivity contribution in [3.63, 3.8) is 0 Å². The van der Waals surface area contributed by atoms with Crippen molar-refractivity contribution >= 4 is 12.1 Å². The van der Waals surface area contributed by atoms with Gasteiger partial charge in [-0.25, -0.2) is 4.79 Å². The maximum atomic E-state index is 11.1. The summed E-state index contributed by atoms with van der Waals surface area (Å²) < 4.78 is 5.11. The van der Waals surface area contributed by atoms with Crippen molar-refractivity contribution in [3.8, 4) is 5.75 Å². The smallest absolute Gasteiger partial charge is 0.481 e. The standard InChI is InChI=1S/C18H26O5/c1-17(2,3)12-9-11(7-8-14(19)20)10-13(18(4,5)6)15(12)23-16(21)22/h9-10H,7-8H2,1-6H3,(H,19,20)(H,21,22). The van der Waals surface area contributed by atoms with Crippen molar-refractivity contribution in [3.05, 3.63) is 28.8 Å². The lowest BCUT2D eigenvalue weighted by molar-refractivity contribution is -0.136. The van der Waals surface area contributed by atoms with Crippen LogP contribution in [0.4, 0.5) is 4.79 Å². The van der Waals surface area contributed by atoms with E-state index >= 15 is 0 Å². The topological polar surface area (TPSA) is 83.8 Å². The lowest BCUT2D eigenvalue weighted by Crippen LogP contribution is -2.22. The van der Waals surface area contributed by atoms with Gasteiger partial charge in [-0.1, -0.05) is 53.7 Å². The summed E-state index contributed by atoms with van der Waals surface area (Å²) in [5, 5.41) is 18.0. The van der Waals surface area contributed by atoms with E-state index in [2.05, 4.69) is 0 Å². The molecule has 0 aliphatic rings. The van der Waals surface area contributed by atoms with E-state index in [9.17, 15) is 9.59 Å². The quantitative estimate of drug-likeness (QED) is 0.636. The summed E-state index contributed by atoms with van der Waals surface area (Å²) in [6.07, 6.45) is -0.916. The molecule has 0 aliphatic heterocycles. The molecule has 0 fully saturated rings. The number of carbonyl (C=O) groups is 2. The van der Waals surface area contributed by atoms with Crippen molar-refractivity contribution in [1.82, 2.24) is 0 Å². The number of aryl methyl sites for hydroxylation is 1. The van der Waals surface area contributed by atoms with Crippen LogP contribution in [0, 0.1) is 0 Å². The third kappa shape index (κ3) is 5.27. The van der Waals surface area contributed by atoms with Crippen LogP contribution in [0.15, 0.2) is 12.1 Å². The SMILES string of the molecule is CC(C)(C)c1cc(CCC(=O)O)cc(C(C)(C)C)c1OC(=O)O. The molecule has 5 heteroatoms. The Morgan fingerprint density at radius 2 is 1.39 bits per heavy atom. The summed E-state index contributed by atoms with van der Waals surface area (Å²) >= 11 is 0. The molecule has 1 rings (SSSR count). The highest BCUT2D eigenvalue weighted by Gasteiger charge is 2.29. The molecule has 2 N–H and O–H groups in total. The molecule has 0 heterocycles. The average molecular weight is 322 g/mol. The Hall–Kier alpha value is -2.04. The minimum Gasteiger partial charge on any atom is -0.481 e. The van der Waals surface area contributed by atoms with E-state index in [0.29, 0.717) is 12.2 Å². The summed E-state index contributed by atoms with van der Waals surface area (Å²) in [5.41, 5.74) is 1.76. The molecule has 0 amide bonds. The molecule has 1 aromatic rings. The van der Waals surface area contributed by atoms with Crippen molar-refractivity contribution in [2.75, 3.05) is 0 Å². The Bertz CT molecular complexity index is 568. The normalized spacial score (nSPS) is 12.1. The Morgan fingerprint density at radius 3 is 1.70 bits per heavy atom. The third-order valence-electron chi connectivity index (χ3n) is 3.58. The lowest BCUT2D eigenvalue weighted by Gasteiger charge is -2.29. The van der Waals surface area contributed by atoms with Gasteiger partial charge in [0.05, 0.1) is 0 Å². The molecule has 0 aliphatic carbocycles. The molecular formula is C18H26O5. The highest BCUT2D eigenvalue weighted by molar-refractivity contribution is 5.68. The molecule has 5 nitrogen and oxygen atoms in total. The molecule has 0 saturated heterocycles. The van der Waals surface area contributed by atoms with Crippen LogP contribution in [-0.4, -0.2) is 22.3 Å². The van der Waals surface area contributed by atoms with Gasteiger partial charge in [-0.15, -0.1) is 0 Å². The van der Waals surface area contributed by atoms with E-state index in [-0.39, 0.29) is 17.3 Å². The Kier molecular flexibility index (Phi) is 5.46. The predicted molar refractivity (Wildman–Crippen MR) is 88.5 cm³/mol. The second kappa shape index (κ2) is 6.60. The second-order valence-electron chi connectivity index (χ2n) is 7.78. The van der Waals surface area contributed by atoms with Crippen molar-refractivity contribution in [2.45, 2.75) is 65.2 Å². The van der Waals surface area contributed by atoms with Crippen LogP contribution in [0.1, 0.15) is 64.7 Å². The Morgan fingerprint density at radius 1 is 0.957 bits per heavy atom. The number of ether oxygens (including phenoxy) is 1. The fourth-order valence-electron chi connectivity index (χ4n) is 2.40. The molecule has 0 saturated carbocycles. The van der Waals surface area contributed by atoms with Crippen LogP contribution in [-0.2, 0) is 22.0 Å². The highest BCUT2D eigenvalue weighted by Crippen LogP contribution is 2.41. The van der Waals surface area contributed by atoms with Crippen molar-refractivity contribution in [1.29, 1.82) is 0 Å². The first-order valence-corrected chi connectivity index (χ1v) is 7.63. The first-order chi connectivity index (χ1) is 10.3. The van der Waals surface area contributed by atoms with E-state index in [1.165, 1.54) is 0 Å². The van der Waals surface area contributed by atoms with E-state index < -0.39 is 12.1 Å². The predicted octanol–water partition coefficient (Wildman–Crippen LogP) is 4.36. The number of aliphatic carboxylic acids is 1. The van der Waals surface area contributed by atoms with Gasteiger partial charge in [-0.05, 0) is 22.8 Å². The minimum atomic E-state index is -1.35. The summed E-state index contributed by atoms with van der Waals surface area (Å²) in [5.74, 6) is -0.498. The average Bonchev–Trinajstić information content (AvgIpc) is 2.33. The zero-order chi connectivity index (χ0) is 18.0. The van der Waals surface area contributed by atoms with Crippen LogP contribution < -0.4 is 4.74 Å². The Balaban J connectivity index is 3.57. The fourth-order valence-corrected chi connectivity index (χ4v) is 2.40. The molecule has 128 valence electrons. The van der Waals surface area contributed by atoms with Gasteiger partial charge in [0, 0.05) is 17.5 Å². The third-order valence-corrected chi connectivity index (χ3v) is 3.58. The molecule has 0 aromatic heterocycles. The van der Waals surface area contributed by atoms with Crippen LogP contribution in [0.25, 0.3) is 0 Å². The van der Waals surface area contributed by atoms with E-state index in [4.69, 9.17) is 14.9 Å². The summed E-state index contributed by atoms with van der Waals surface area (Å²) in [7, 11) is 0. The molecule has 0 atom stereocenters. The van der Waals surface area contributed by atoms with Gasteiger partial charge in [0.15, 0.2) is 0 Å². The fraction of sp³-hybridized carbons (Fsp3) is 0.556. The lowest BCUT2D eigenvalue weighted by atomic mass is 9.78.